The van der Waals surface area contributed by atoms with E-state index in [0.717, 1.165) is 27.9 Å². The molecule has 4 aromatic rings. The highest BCUT2D eigenvalue weighted by Gasteiger charge is 2.23. The topological polar surface area (TPSA) is 69.5 Å². The third-order valence-electron chi connectivity index (χ3n) is 5.76. The molecule has 2 aromatic heterocycles. The second kappa shape index (κ2) is 9.32. The van der Waals surface area contributed by atoms with E-state index in [4.69, 9.17) is 14.5 Å². The second-order valence-corrected chi connectivity index (χ2v) is 7.84. The van der Waals surface area contributed by atoms with E-state index >= 15 is 0 Å². The van der Waals surface area contributed by atoms with Gasteiger partial charge in [0, 0.05) is 25.7 Å². The van der Waals surface area contributed by atoms with Gasteiger partial charge in [0.05, 0.1) is 36.6 Å². The Morgan fingerprint density at radius 2 is 1.76 bits per heavy atom. The first-order chi connectivity index (χ1) is 16.0. The van der Waals surface area contributed by atoms with E-state index in [-0.39, 0.29) is 5.91 Å². The highest BCUT2D eigenvalue weighted by molar-refractivity contribution is 6.07. The number of hydrogen-bond donors (Lipinski definition) is 0. The van der Waals surface area contributed by atoms with Crippen molar-refractivity contribution in [1.29, 1.82) is 0 Å². The molecule has 2 heterocycles. The van der Waals surface area contributed by atoms with E-state index in [1.54, 1.807) is 18.9 Å². The molecule has 0 saturated carbocycles. The molecular formula is C26H28N4O3. The highest BCUT2D eigenvalue weighted by Crippen LogP contribution is 2.30. The molecule has 0 N–H and O–H groups in total. The van der Waals surface area contributed by atoms with E-state index in [1.807, 2.05) is 80.4 Å². The van der Waals surface area contributed by atoms with Crippen LogP contribution in [0, 0.1) is 6.92 Å². The Hall–Kier alpha value is -3.87. The zero-order valence-corrected chi connectivity index (χ0v) is 19.6. The van der Waals surface area contributed by atoms with Crippen molar-refractivity contribution in [2.75, 3.05) is 20.8 Å². The lowest BCUT2D eigenvalue weighted by Gasteiger charge is -2.22. The Balaban J connectivity index is 1.77. The summed E-state index contributed by atoms with van der Waals surface area (Å²) in [6.45, 7) is 4.88. The van der Waals surface area contributed by atoms with Gasteiger partial charge in [-0.3, -0.25) is 9.48 Å². The predicted octanol–water partition coefficient (Wildman–Crippen LogP) is 4.62. The maximum atomic E-state index is 13.8. The minimum Gasteiger partial charge on any atom is -0.493 e. The lowest BCUT2D eigenvalue weighted by molar-refractivity contribution is 0.0754. The van der Waals surface area contributed by atoms with Gasteiger partial charge >= 0.3 is 0 Å². The van der Waals surface area contributed by atoms with Gasteiger partial charge in [0.2, 0.25) is 0 Å². The average molecular weight is 445 g/mol. The van der Waals surface area contributed by atoms with Crippen molar-refractivity contribution in [1.82, 2.24) is 19.7 Å². The maximum absolute atomic E-state index is 13.8. The van der Waals surface area contributed by atoms with Gasteiger partial charge in [-0.1, -0.05) is 36.4 Å². The Bertz CT molecular complexity index is 1300. The molecule has 2 aromatic carbocycles. The number of fused-ring (bicyclic) bond motifs is 1. The van der Waals surface area contributed by atoms with E-state index in [0.29, 0.717) is 35.8 Å². The molecule has 7 heteroatoms. The molecule has 0 aliphatic heterocycles. The summed E-state index contributed by atoms with van der Waals surface area (Å²) in [5.74, 6) is 1.23. The summed E-state index contributed by atoms with van der Waals surface area (Å²) in [6, 6.07) is 17.5. The van der Waals surface area contributed by atoms with Gasteiger partial charge in [0.1, 0.15) is 0 Å². The van der Waals surface area contributed by atoms with Crippen molar-refractivity contribution in [2.24, 2.45) is 7.05 Å². The molecule has 0 radical (unpaired) electrons. The molecule has 0 bridgehead atoms. The third kappa shape index (κ3) is 4.26. The summed E-state index contributed by atoms with van der Waals surface area (Å²) in [5.41, 5.74) is 4.74. The van der Waals surface area contributed by atoms with Crippen molar-refractivity contribution < 1.29 is 14.3 Å². The number of ether oxygens (including phenoxy) is 2. The van der Waals surface area contributed by atoms with E-state index in [1.165, 1.54) is 0 Å². The molecule has 0 aliphatic rings. The Morgan fingerprint density at radius 3 is 2.42 bits per heavy atom. The molecule has 0 spiro atoms. The molecule has 170 valence electrons. The largest absolute Gasteiger partial charge is 0.493 e. The summed E-state index contributed by atoms with van der Waals surface area (Å²) in [5, 5.41) is 5.32. The number of benzene rings is 2. The first kappa shape index (κ1) is 22.3. The molecule has 0 atom stereocenters. The van der Waals surface area contributed by atoms with E-state index in [2.05, 4.69) is 5.10 Å². The number of pyridine rings is 1. The van der Waals surface area contributed by atoms with Crippen LogP contribution >= 0.6 is 0 Å². The van der Waals surface area contributed by atoms with Crippen LogP contribution in [0.25, 0.3) is 22.3 Å². The Kier molecular flexibility index (Phi) is 6.31. The van der Waals surface area contributed by atoms with E-state index < -0.39 is 0 Å². The highest BCUT2D eigenvalue weighted by atomic mass is 16.5. The Morgan fingerprint density at radius 1 is 1.03 bits per heavy atom. The van der Waals surface area contributed by atoms with Crippen LogP contribution in [-0.2, 0) is 13.6 Å². The van der Waals surface area contributed by atoms with Gasteiger partial charge < -0.3 is 14.4 Å². The molecule has 1 amide bonds. The molecule has 0 unspecified atom stereocenters. The number of aromatic nitrogens is 3. The van der Waals surface area contributed by atoms with Crippen molar-refractivity contribution in [3.8, 4) is 22.8 Å². The summed E-state index contributed by atoms with van der Waals surface area (Å²) >= 11 is 0. The SMILES string of the molecule is CCN(Cc1ccc(OC)c(OC)c1)C(=O)c1cc(-c2ccccc2)nc2c1c(C)nn2C. The normalized spacial score (nSPS) is 10.9. The number of carbonyl (C=O) groups is 1. The van der Waals surface area contributed by atoms with Crippen molar-refractivity contribution in [3.63, 3.8) is 0 Å². The molecular weight excluding hydrogens is 416 g/mol. The van der Waals surface area contributed by atoms with Gasteiger partial charge in [-0.2, -0.15) is 5.10 Å². The molecule has 33 heavy (non-hydrogen) atoms. The minimum absolute atomic E-state index is 0.0621. The minimum atomic E-state index is -0.0621. The van der Waals surface area contributed by atoms with Gasteiger partial charge in [-0.15, -0.1) is 0 Å². The molecule has 0 fully saturated rings. The smallest absolute Gasteiger partial charge is 0.255 e. The van der Waals surface area contributed by atoms with Gasteiger partial charge in [0.25, 0.3) is 5.91 Å². The standard InChI is InChI=1S/C26H28N4O3/c1-6-30(16-18-12-13-22(32-4)23(14-18)33-5)26(31)20-15-21(19-10-8-7-9-11-19)27-25-24(20)17(2)28-29(25)3/h7-15H,6,16H2,1-5H3. The van der Waals surface area contributed by atoms with Gasteiger partial charge in [-0.05, 0) is 37.6 Å². The maximum Gasteiger partial charge on any atom is 0.255 e. The van der Waals surface area contributed by atoms with Crippen LogP contribution in [0.3, 0.4) is 0 Å². The second-order valence-electron chi connectivity index (χ2n) is 7.84. The van der Waals surface area contributed by atoms with Crippen LogP contribution in [0.4, 0.5) is 0 Å². The van der Waals surface area contributed by atoms with Crippen LogP contribution in [0.5, 0.6) is 11.5 Å². The lowest BCUT2D eigenvalue weighted by atomic mass is 10.0. The van der Waals surface area contributed by atoms with Crippen LogP contribution in [-0.4, -0.2) is 46.3 Å². The zero-order chi connectivity index (χ0) is 23.5. The van der Waals surface area contributed by atoms with Gasteiger partial charge in [0.15, 0.2) is 17.1 Å². The number of rotatable bonds is 7. The fourth-order valence-corrected chi connectivity index (χ4v) is 4.07. The zero-order valence-electron chi connectivity index (χ0n) is 19.6. The first-order valence-electron chi connectivity index (χ1n) is 10.9. The molecule has 7 nitrogen and oxygen atoms in total. The third-order valence-corrected chi connectivity index (χ3v) is 5.76. The summed E-state index contributed by atoms with van der Waals surface area (Å²) in [4.78, 5) is 20.5. The summed E-state index contributed by atoms with van der Waals surface area (Å²) < 4.78 is 12.5. The number of hydrogen-bond acceptors (Lipinski definition) is 5. The quantitative estimate of drug-likeness (QED) is 0.416. The molecule has 0 aliphatic carbocycles. The fraction of sp³-hybridized carbons (Fsp3) is 0.269. The van der Waals surface area contributed by atoms with Crippen LogP contribution < -0.4 is 9.47 Å². The number of methoxy groups -OCH3 is 2. The van der Waals surface area contributed by atoms with Crippen LogP contribution in [0.15, 0.2) is 54.6 Å². The average Bonchev–Trinajstić information content (AvgIpc) is 3.15. The molecule has 4 rings (SSSR count). The molecule has 0 saturated heterocycles. The number of carbonyl (C=O) groups excluding carboxylic acids is 1. The lowest BCUT2D eigenvalue weighted by Crippen LogP contribution is -2.30. The monoisotopic (exact) mass is 444 g/mol. The van der Waals surface area contributed by atoms with Crippen molar-refractivity contribution >= 4 is 16.9 Å². The van der Waals surface area contributed by atoms with Crippen molar-refractivity contribution in [2.45, 2.75) is 20.4 Å². The van der Waals surface area contributed by atoms with Crippen molar-refractivity contribution in [3.05, 3.63) is 71.4 Å². The summed E-state index contributed by atoms with van der Waals surface area (Å²) in [7, 11) is 5.07. The number of aryl methyl sites for hydroxylation is 2. The number of nitrogens with zero attached hydrogens (tertiary/aromatic N) is 4. The Labute approximate surface area is 193 Å². The first-order valence-corrected chi connectivity index (χ1v) is 10.9. The fourth-order valence-electron chi connectivity index (χ4n) is 4.07. The number of amides is 1. The predicted molar refractivity (Wildman–Crippen MR) is 129 cm³/mol. The van der Waals surface area contributed by atoms with E-state index in [9.17, 15) is 4.79 Å². The van der Waals surface area contributed by atoms with Gasteiger partial charge in [-0.25, -0.2) is 4.98 Å². The van der Waals surface area contributed by atoms with Crippen LogP contribution in [0.1, 0.15) is 28.5 Å². The summed E-state index contributed by atoms with van der Waals surface area (Å²) in [6.07, 6.45) is 0. The van der Waals surface area contributed by atoms with Crippen LogP contribution in [0.2, 0.25) is 0 Å².